The van der Waals surface area contributed by atoms with Gasteiger partial charge >= 0.3 is 11.8 Å². The molecule has 1 aliphatic carbocycles. The summed E-state index contributed by atoms with van der Waals surface area (Å²) in [6.45, 7) is 4.55. The molecule has 234 valence electrons. The molecular formula is C30H39ClFN5O6. The predicted molar refractivity (Wildman–Crippen MR) is 157 cm³/mol. The van der Waals surface area contributed by atoms with Crippen LogP contribution >= 0.6 is 11.6 Å². The number of amides is 3. The van der Waals surface area contributed by atoms with Crippen LogP contribution in [0.4, 0.5) is 4.39 Å². The van der Waals surface area contributed by atoms with E-state index in [0.29, 0.717) is 32.3 Å². The van der Waals surface area contributed by atoms with Gasteiger partial charge in [0, 0.05) is 39.4 Å². The van der Waals surface area contributed by atoms with Gasteiger partial charge in [0.25, 0.3) is 11.5 Å². The number of halogens is 2. The number of nitrogens with zero attached hydrogens (tertiary/aromatic N) is 3. The lowest BCUT2D eigenvalue weighted by molar-refractivity contribution is -0.145. The van der Waals surface area contributed by atoms with E-state index in [1.54, 1.807) is 0 Å². The second kappa shape index (κ2) is 13.0. The van der Waals surface area contributed by atoms with Gasteiger partial charge in [-0.05, 0) is 63.9 Å². The Labute approximate surface area is 254 Å². The number of rotatable bonds is 10. The Hall–Kier alpha value is -3.51. The molecule has 2 aliphatic heterocycles. The molecule has 1 aromatic carbocycles. The zero-order chi connectivity index (χ0) is 31.5. The Morgan fingerprint density at radius 1 is 1.19 bits per heavy atom. The van der Waals surface area contributed by atoms with Crippen molar-refractivity contribution in [2.45, 2.75) is 83.5 Å². The zero-order valence-corrected chi connectivity index (χ0v) is 25.7. The van der Waals surface area contributed by atoms with Crippen molar-refractivity contribution in [3.8, 4) is 5.75 Å². The molecule has 1 fully saturated rings. The SMILES string of the molecule is CC(C)OCCCCC12CCC(NC(=O)C(=O)N(C)C)(CC1)c1nc(C(=O)NCc3cccc(Cl)c3F)c(O)c(=O)n1C2. The average molecular weight is 620 g/mol. The lowest BCUT2D eigenvalue weighted by Crippen LogP contribution is -2.54. The summed E-state index contributed by atoms with van der Waals surface area (Å²) in [4.78, 5) is 58.0. The predicted octanol–water partition coefficient (Wildman–Crippen LogP) is 3.24. The minimum atomic E-state index is -1.22. The maximum atomic E-state index is 14.4. The summed E-state index contributed by atoms with van der Waals surface area (Å²) in [7, 11) is 2.92. The summed E-state index contributed by atoms with van der Waals surface area (Å²) in [6.07, 6.45) is 4.65. The number of nitrogens with one attached hydrogen (secondary N) is 2. The number of benzene rings is 1. The van der Waals surface area contributed by atoms with E-state index in [2.05, 4.69) is 15.6 Å². The molecular weight excluding hydrogens is 581 g/mol. The van der Waals surface area contributed by atoms with Crippen molar-refractivity contribution in [2.75, 3.05) is 20.7 Å². The first-order valence-corrected chi connectivity index (χ1v) is 14.9. The maximum absolute atomic E-state index is 14.4. The first-order chi connectivity index (χ1) is 20.3. The highest BCUT2D eigenvalue weighted by Gasteiger charge is 2.51. The topological polar surface area (TPSA) is 143 Å². The second-order valence-corrected chi connectivity index (χ2v) is 12.4. The number of aromatic nitrogens is 2. The highest BCUT2D eigenvalue weighted by atomic mass is 35.5. The molecule has 1 saturated carbocycles. The Bertz CT molecular complexity index is 1450. The smallest absolute Gasteiger partial charge is 0.311 e. The number of likely N-dealkylation sites (N-methyl/N-ethyl adjacent to an activating group) is 1. The van der Waals surface area contributed by atoms with Gasteiger partial charge in [0.15, 0.2) is 5.69 Å². The largest absolute Gasteiger partial charge is 0.501 e. The Balaban J connectivity index is 1.69. The van der Waals surface area contributed by atoms with Crippen molar-refractivity contribution in [2.24, 2.45) is 5.41 Å². The van der Waals surface area contributed by atoms with Crippen LogP contribution < -0.4 is 16.2 Å². The number of carbonyl (C=O) groups is 3. The molecule has 5 rings (SSSR count). The first kappa shape index (κ1) is 32.4. The molecule has 43 heavy (non-hydrogen) atoms. The van der Waals surface area contributed by atoms with Gasteiger partial charge in [0.1, 0.15) is 11.6 Å². The lowest BCUT2D eigenvalue weighted by atomic mass is 9.66. The van der Waals surface area contributed by atoms with Crippen molar-refractivity contribution < 1.29 is 28.6 Å². The van der Waals surface area contributed by atoms with Gasteiger partial charge in [-0.1, -0.05) is 30.2 Å². The minimum Gasteiger partial charge on any atom is -0.501 e. The minimum absolute atomic E-state index is 0.108. The summed E-state index contributed by atoms with van der Waals surface area (Å²) in [5, 5.41) is 16.1. The molecule has 0 spiro atoms. The Morgan fingerprint density at radius 3 is 2.53 bits per heavy atom. The molecule has 3 heterocycles. The molecule has 0 atom stereocenters. The number of aromatic hydroxyl groups is 1. The van der Waals surface area contributed by atoms with Crippen molar-refractivity contribution in [3.63, 3.8) is 0 Å². The second-order valence-electron chi connectivity index (χ2n) is 12.0. The third-order valence-corrected chi connectivity index (χ3v) is 8.71. The van der Waals surface area contributed by atoms with E-state index in [1.807, 2.05) is 13.8 Å². The summed E-state index contributed by atoms with van der Waals surface area (Å²) >= 11 is 5.84. The normalized spacial score (nSPS) is 20.8. The third kappa shape index (κ3) is 6.85. The van der Waals surface area contributed by atoms with Gasteiger partial charge in [-0.3, -0.25) is 23.7 Å². The molecule has 1 aromatic heterocycles. The molecule has 11 nitrogen and oxygen atoms in total. The molecule has 0 unspecified atom stereocenters. The highest BCUT2D eigenvalue weighted by molar-refractivity contribution is 6.35. The standard InChI is InChI=1S/C30H39ClFN5O6/c1-18(2)43-15-6-5-10-29-11-13-30(14-12-29,35-25(40)27(42)36(3)4)28-34-22(23(38)26(41)37(28)17-29)24(39)33-16-19-8-7-9-20(31)21(19)32/h7-9,18,38H,5-6,10-17H2,1-4H3,(H,33,39)(H,35,40). The van der Waals surface area contributed by atoms with Crippen LogP contribution in [-0.2, 0) is 33.0 Å². The van der Waals surface area contributed by atoms with E-state index >= 15 is 0 Å². The number of ether oxygens (including phenoxy) is 1. The van der Waals surface area contributed by atoms with Crippen LogP contribution in [0, 0.1) is 11.2 Å². The van der Waals surface area contributed by atoms with E-state index in [9.17, 15) is 28.7 Å². The van der Waals surface area contributed by atoms with Crippen LogP contribution in [-0.4, -0.2) is 64.1 Å². The molecule has 0 saturated heterocycles. The number of fused-ring (bicyclic) bond motifs is 2. The van der Waals surface area contributed by atoms with Crippen molar-refractivity contribution in [3.05, 3.63) is 56.5 Å². The molecule has 2 aromatic rings. The van der Waals surface area contributed by atoms with Crippen LogP contribution in [0.3, 0.4) is 0 Å². The maximum Gasteiger partial charge on any atom is 0.311 e. The lowest BCUT2D eigenvalue weighted by Gasteiger charge is -2.42. The molecule has 2 bridgehead atoms. The van der Waals surface area contributed by atoms with Crippen molar-refractivity contribution in [1.29, 1.82) is 0 Å². The van der Waals surface area contributed by atoms with Crippen molar-refractivity contribution in [1.82, 2.24) is 25.1 Å². The molecule has 3 aliphatic rings. The Kier molecular flexibility index (Phi) is 9.80. The van der Waals surface area contributed by atoms with E-state index in [1.165, 1.54) is 36.9 Å². The van der Waals surface area contributed by atoms with E-state index in [0.717, 1.165) is 24.2 Å². The monoisotopic (exact) mass is 619 g/mol. The molecule has 3 amide bonds. The van der Waals surface area contributed by atoms with Crippen LogP contribution in [0.5, 0.6) is 5.75 Å². The number of unbranched alkanes of at least 4 members (excludes halogenated alkanes) is 1. The van der Waals surface area contributed by atoms with Crippen molar-refractivity contribution >= 4 is 29.3 Å². The van der Waals surface area contributed by atoms with Gasteiger partial charge in [-0.2, -0.15) is 0 Å². The van der Waals surface area contributed by atoms with Gasteiger partial charge in [0.05, 0.1) is 16.7 Å². The summed E-state index contributed by atoms with van der Waals surface area (Å²) in [5.74, 6) is -3.97. The zero-order valence-electron chi connectivity index (χ0n) is 25.0. The van der Waals surface area contributed by atoms with Crippen LogP contribution in [0.2, 0.25) is 5.02 Å². The van der Waals surface area contributed by atoms with Crippen LogP contribution in [0.15, 0.2) is 23.0 Å². The quantitative estimate of drug-likeness (QED) is 0.274. The molecule has 3 N–H and O–H groups in total. The fourth-order valence-electron chi connectivity index (χ4n) is 5.99. The van der Waals surface area contributed by atoms with Crippen LogP contribution in [0.25, 0.3) is 0 Å². The Morgan fingerprint density at radius 2 is 1.88 bits per heavy atom. The number of hydrogen-bond acceptors (Lipinski definition) is 7. The van der Waals surface area contributed by atoms with Gasteiger partial charge < -0.3 is 25.4 Å². The molecule has 13 heteroatoms. The summed E-state index contributed by atoms with van der Waals surface area (Å²) in [6, 6.07) is 4.35. The summed E-state index contributed by atoms with van der Waals surface area (Å²) in [5.41, 5.74) is -2.79. The van der Waals surface area contributed by atoms with E-state index in [4.69, 9.17) is 16.3 Å². The highest BCUT2D eigenvalue weighted by Crippen LogP contribution is 2.51. The summed E-state index contributed by atoms with van der Waals surface area (Å²) < 4.78 is 21.4. The van der Waals surface area contributed by atoms with Crippen LogP contribution in [0.1, 0.15) is 80.7 Å². The molecule has 0 radical (unpaired) electrons. The average Bonchev–Trinajstić information content (AvgIpc) is 3.18. The fraction of sp³-hybridized carbons (Fsp3) is 0.567. The first-order valence-electron chi connectivity index (χ1n) is 14.5. The van der Waals surface area contributed by atoms with Gasteiger partial charge in [0.2, 0.25) is 5.75 Å². The van der Waals surface area contributed by atoms with Gasteiger partial charge in [-0.25, -0.2) is 9.37 Å². The van der Waals surface area contributed by atoms with E-state index in [-0.39, 0.29) is 41.0 Å². The fourth-order valence-corrected chi connectivity index (χ4v) is 6.18. The number of hydrogen-bond donors (Lipinski definition) is 3. The van der Waals surface area contributed by atoms with E-state index < -0.39 is 46.1 Å². The number of carbonyl (C=O) groups excluding carboxylic acids is 3. The van der Waals surface area contributed by atoms with Gasteiger partial charge in [-0.15, -0.1) is 0 Å². The third-order valence-electron chi connectivity index (χ3n) is 8.42.